The monoisotopic (exact) mass is 302 g/mol. The van der Waals surface area contributed by atoms with E-state index in [1.54, 1.807) is 0 Å². The van der Waals surface area contributed by atoms with E-state index in [9.17, 15) is 13.2 Å². The largest absolute Gasteiger partial charge is 0.451 e. The smallest absolute Gasteiger partial charge is 0.384 e. The molecule has 4 nitrogen and oxygen atoms in total. The topological polar surface area (TPSA) is 63.8 Å². The van der Waals surface area contributed by atoms with Gasteiger partial charge in [0.15, 0.2) is 0 Å². The normalized spacial score (nSPS) is 13.2. The van der Waals surface area contributed by atoms with Crippen LogP contribution in [0.2, 0.25) is 0 Å². The van der Waals surface area contributed by atoms with Gasteiger partial charge in [0.1, 0.15) is 11.6 Å². The second-order valence-electron chi connectivity index (χ2n) is 4.12. The molecule has 2 aromatic heterocycles. The SMILES string of the molecule is CCC(Nc1cc(N)nc(C(F)(F)F)n1)c1cccs1. The minimum Gasteiger partial charge on any atom is -0.384 e. The van der Waals surface area contributed by atoms with Crippen molar-refractivity contribution in [3.63, 3.8) is 0 Å². The van der Waals surface area contributed by atoms with Crippen molar-refractivity contribution in [3.05, 3.63) is 34.3 Å². The highest BCUT2D eigenvalue weighted by Crippen LogP contribution is 2.30. The standard InChI is InChI=1S/C12H13F3N4S/c1-2-7(8-4-3-5-20-8)17-10-6-9(16)18-11(19-10)12(13,14)15/h3-7H,2H2,1H3,(H3,16,17,18,19). The van der Waals surface area contributed by atoms with Gasteiger partial charge in [-0.2, -0.15) is 13.2 Å². The summed E-state index contributed by atoms with van der Waals surface area (Å²) in [6.07, 6.45) is -3.90. The number of halogens is 3. The lowest BCUT2D eigenvalue weighted by molar-refractivity contribution is -0.144. The molecule has 1 unspecified atom stereocenters. The lowest BCUT2D eigenvalue weighted by atomic mass is 10.2. The zero-order valence-electron chi connectivity index (χ0n) is 10.6. The van der Waals surface area contributed by atoms with E-state index < -0.39 is 12.0 Å². The molecule has 0 radical (unpaired) electrons. The van der Waals surface area contributed by atoms with Crippen LogP contribution in [-0.2, 0) is 6.18 Å². The molecule has 0 saturated carbocycles. The summed E-state index contributed by atoms with van der Waals surface area (Å²) >= 11 is 1.53. The Labute approximate surface area is 117 Å². The average Bonchev–Trinajstić information content (AvgIpc) is 2.88. The fourth-order valence-corrected chi connectivity index (χ4v) is 2.57. The number of nitrogens with two attached hydrogens (primary N) is 1. The summed E-state index contributed by atoms with van der Waals surface area (Å²) in [6, 6.07) is 5.00. The van der Waals surface area contributed by atoms with Crippen molar-refractivity contribution >= 4 is 23.0 Å². The summed E-state index contributed by atoms with van der Waals surface area (Å²) in [6.45, 7) is 1.94. The van der Waals surface area contributed by atoms with Crippen molar-refractivity contribution in [2.24, 2.45) is 0 Å². The van der Waals surface area contributed by atoms with Crippen LogP contribution in [0.15, 0.2) is 23.6 Å². The number of rotatable bonds is 4. The molecule has 0 aliphatic rings. The first-order chi connectivity index (χ1) is 9.40. The van der Waals surface area contributed by atoms with Gasteiger partial charge in [-0.1, -0.05) is 13.0 Å². The number of aromatic nitrogens is 2. The van der Waals surface area contributed by atoms with E-state index in [-0.39, 0.29) is 17.7 Å². The van der Waals surface area contributed by atoms with E-state index >= 15 is 0 Å². The Hall–Kier alpha value is -1.83. The fraction of sp³-hybridized carbons (Fsp3) is 0.333. The van der Waals surface area contributed by atoms with Gasteiger partial charge >= 0.3 is 6.18 Å². The molecule has 20 heavy (non-hydrogen) atoms. The Morgan fingerprint density at radius 2 is 2.15 bits per heavy atom. The third-order valence-electron chi connectivity index (χ3n) is 2.62. The molecule has 0 saturated heterocycles. The van der Waals surface area contributed by atoms with Crippen molar-refractivity contribution in [1.82, 2.24) is 9.97 Å². The second kappa shape index (κ2) is 5.66. The van der Waals surface area contributed by atoms with Crippen molar-refractivity contribution in [3.8, 4) is 0 Å². The maximum absolute atomic E-state index is 12.6. The summed E-state index contributed by atoms with van der Waals surface area (Å²) in [4.78, 5) is 7.71. The molecular weight excluding hydrogens is 289 g/mol. The zero-order valence-corrected chi connectivity index (χ0v) is 11.4. The van der Waals surface area contributed by atoms with E-state index in [0.29, 0.717) is 6.42 Å². The number of nitrogens with one attached hydrogen (secondary N) is 1. The Kier molecular flexibility index (Phi) is 4.12. The van der Waals surface area contributed by atoms with Crippen molar-refractivity contribution in [2.75, 3.05) is 11.1 Å². The van der Waals surface area contributed by atoms with E-state index in [0.717, 1.165) is 4.88 Å². The Bertz CT molecular complexity index is 569. The minimum absolute atomic E-state index is 0.0741. The summed E-state index contributed by atoms with van der Waals surface area (Å²) < 4.78 is 37.9. The molecule has 108 valence electrons. The van der Waals surface area contributed by atoms with Crippen molar-refractivity contribution < 1.29 is 13.2 Å². The quantitative estimate of drug-likeness (QED) is 0.904. The molecule has 2 rings (SSSR count). The van der Waals surface area contributed by atoms with Crippen LogP contribution in [0, 0.1) is 0 Å². The minimum atomic E-state index is -4.61. The molecule has 2 aromatic rings. The highest BCUT2D eigenvalue weighted by Gasteiger charge is 2.35. The van der Waals surface area contributed by atoms with Crippen LogP contribution in [0.5, 0.6) is 0 Å². The van der Waals surface area contributed by atoms with Crippen LogP contribution >= 0.6 is 11.3 Å². The lowest BCUT2D eigenvalue weighted by Crippen LogP contribution is -2.16. The number of alkyl halides is 3. The predicted octanol–water partition coefficient (Wildman–Crippen LogP) is 3.70. The van der Waals surface area contributed by atoms with Gasteiger partial charge in [-0.15, -0.1) is 11.3 Å². The van der Waals surface area contributed by atoms with E-state index in [1.807, 2.05) is 24.4 Å². The first-order valence-corrected chi connectivity index (χ1v) is 6.79. The van der Waals surface area contributed by atoms with Crippen LogP contribution < -0.4 is 11.1 Å². The molecule has 0 amide bonds. The predicted molar refractivity (Wildman–Crippen MR) is 72.4 cm³/mol. The molecule has 3 N–H and O–H groups in total. The summed E-state index contributed by atoms with van der Waals surface area (Å²) in [7, 11) is 0. The van der Waals surface area contributed by atoms with Gasteiger partial charge < -0.3 is 11.1 Å². The first kappa shape index (κ1) is 14.6. The number of hydrogen-bond donors (Lipinski definition) is 2. The van der Waals surface area contributed by atoms with Gasteiger partial charge in [0.05, 0.1) is 6.04 Å². The first-order valence-electron chi connectivity index (χ1n) is 5.92. The molecule has 2 heterocycles. The Morgan fingerprint density at radius 1 is 1.40 bits per heavy atom. The zero-order chi connectivity index (χ0) is 14.8. The number of hydrogen-bond acceptors (Lipinski definition) is 5. The molecule has 8 heteroatoms. The van der Waals surface area contributed by atoms with Gasteiger partial charge in [-0.3, -0.25) is 0 Å². The van der Waals surface area contributed by atoms with E-state index in [4.69, 9.17) is 5.73 Å². The Morgan fingerprint density at radius 3 is 2.70 bits per heavy atom. The van der Waals surface area contributed by atoms with Crippen LogP contribution in [-0.4, -0.2) is 9.97 Å². The van der Waals surface area contributed by atoms with Crippen LogP contribution in [0.3, 0.4) is 0 Å². The van der Waals surface area contributed by atoms with Crippen LogP contribution in [0.25, 0.3) is 0 Å². The molecule has 0 bridgehead atoms. The van der Waals surface area contributed by atoms with Gasteiger partial charge in [-0.25, -0.2) is 9.97 Å². The van der Waals surface area contributed by atoms with Crippen LogP contribution in [0.4, 0.5) is 24.8 Å². The fourth-order valence-electron chi connectivity index (χ4n) is 1.71. The van der Waals surface area contributed by atoms with Gasteiger partial charge in [0, 0.05) is 10.9 Å². The molecule has 0 aromatic carbocycles. The lowest BCUT2D eigenvalue weighted by Gasteiger charge is -2.17. The number of nitrogens with zero attached hydrogens (tertiary/aromatic N) is 2. The van der Waals surface area contributed by atoms with Crippen LogP contribution in [0.1, 0.15) is 30.1 Å². The molecule has 1 atom stereocenters. The van der Waals surface area contributed by atoms with Crippen molar-refractivity contribution in [1.29, 1.82) is 0 Å². The summed E-state index contributed by atoms with van der Waals surface area (Å²) in [5.41, 5.74) is 5.40. The summed E-state index contributed by atoms with van der Waals surface area (Å²) in [5.74, 6) is -1.37. The number of anilines is 2. The maximum Gasteiger partial charge on any atom is 0.451 e. The number of thiophene rings is 1. The van der Waals surface area contributed by atoms with E-state index in [1.165, 1.54) is 17.4 Å². The molecular formula is C12H13F3N4S. The van der Waals surface area contributed by atoms with Crippen molar-refractivity contribution in [2.45, 2.75) is 25.6 Å². The van der Waals surface area contributed by atoms with Gasteiger partial charge in [-0.05, 0) is 17.9 Å². The third kappa shape index (κ3) is 3.38. The van der Waals surface area contributed by atoms with E-state index in [2.05, 4.69) is 15.3 Å². The molecule has 0 aliphatic carbocycles. The highest BCUT2D eigenvalue weighted by molar-refractivity contribution is 7.10. The third-order valence-corrected chi connectivity index (χ3v) is 3.60. The maximum atomic E-state index is 12.6. The van der Waals surface area contributed by atoms with Gasteiger partial charge in [0.25, 0.3) is 0 Å². The summed E-state index contributed by atoms with van der Waals surface area (Å²) in [5, 5.41) is 4.88. The van der Waals surface area contributed by atoms with Gasteiger partial charge in [0.2, 0.25) is 5.82 Å². The second-order valence-corrected chi connectivity index (χ2v) is 5.10. The number of nitrogen functional groups attached to an aromatic ring is 1. The molecule has 0 aliphatic heterocycles. The molecule has 0 spiro atoms. The molecule has 0 fully saturated rings. The average molecular weight is 302 g/mol. The highest BCUT2D eigenvalue weighted by atomic mass is 32.1. The Balaban J connectivity index is 2.27.